The number of anilines is 1. The van der Waals surface area contributed by atoms with Gasteiger partial charge >= 0.3 is 11.6 Å². The van der Waals surface area contributed by atoms with Crippen LogP contribution in [-0.4, -0.2) is 21.9 Å². The van der Waals surface area contributed by atoms with Crippen LogP contribution in [-0.2, 0) is 0 Å². The Morgan fingerprint density at radius 2 is 2.05 bits per heavy atom. The maximum atomic E-state index is 11.0. The fourth-order valence-corrected chi connectivity index (χ4v) is 1.57. The highest BCUT2D eigenvalue weighted by Gasteiger charge is 2.19. The zero-order valence-electron chi connectivity index (χ0n) is 11.4. The molecule has 0 saturated carbocycles. The minimum atomic E-state index is -0.574. The quantitative estimate of drug-likeness (QED) is 0.681. The van der Waals surface area contributed by atoms with E-state index in [-0.39, 0.29) is 17.5 Å². The van der Waals surface area contributed by atoms with E-state index in [9.17, 15) is 10.1 Å². The lowest BCUT2D eigenvalue weighted by Crippen LogP contribution is -2.02. The summed E-state index contributed by atoms with van der Waals surface area (Å²) in [5, 5.41) is 13.7. The molecule has 0 bridgehead atoms. The van der Waals surface area contributed by atoms with Crippen LogP contribution in [0.3, 0.4) is 0 Å². The first-order chi connectivity index (χ1) is 9.51. The molecular weight excluding hydrogens is 260 g/mol. The van der Waals surface area contributed by atoms with Crippen molar-refractivity contribution in [2.75, 3.05) is 12.4 Å². The van der Waals surface area contributed by atoms with E-state index in [2.05, 4.69) is 15.3 Å². The molecule has 7 heteroatoms. The van der Waals surface area contributed by atoms with Crippen LogP contribution in [0.25, 0.3) is 0 Å². The lowest BCUT2D eigenvalue weighted by Gasteiger charge is -2.08. The lowest BCUT2D eigenvalue weighted by molar-refractivity contribution is -0.386. The van der Waals surface area contributed by atoms with E-state index in [1.807, 2.05) is 19.9 Å². The monoisotopic (exact) mass is 274 g/mol. The van der Waals surface area contributed by atoms with Crippen LogP contribution >= 0.6 is 0 Å². The van der Waals surface area contributed by atoms with Gasteiger partial charge in [-0.05, 0) is 37.1 Å². The molecular formula is C13H14N4O3. The van der Waals surface area contributed by atoms with Crippen LogP contribution in [0.5, 0.6) is 11.6 Å². The summed E-state index contributed by atoms with van der Waals surface area (Å²) in [6, 6.07) is 5.43. The molecule has 0 aliphatic carbocycles. The molecule has 0 radical (unpaired) electrons. The molecule has 0 amide bonds. The first-order valence-electron chi connectivity index (χ1n) is 5.95. The minimum Gasteiger partial charge on any atom is -0.434 e. The molecule has 0 atom stereocenters. The van der Waals surface area contributed by atoms with Crippen molar-refractivity contribution in [2.45, 2.75) is 13.8 Å². The molecule has 20 heavy (non-hydrogen) atoms. The smallest absolute Gasteiger partial charge is 0.349 e. The van der Waals surface area contributed by atoms with Crippen molar-refractivity contribution >= 4 is 11.6 Å². The van der Waals surface area contributed by atoms with Gasteiger partial charge in [-0.1, -0.05) is 6.07 Å². The normalized spacial score (nSPS) is 10.2. The Balaban J connectivity index is 2.40. The van der Waals surface area contributed by atoms with Crippen molar-refractivity contribution in [1.82, 2.24) is 9.97 Å². The van der Waals surface area contributed by atoms with E-state index >= 15 is 0 Å². The van der Waals surface area contributed by atoms with E-state index in [0.29, 0.717) is 5.75 Å². The maximum absolute atomic E-state index is 11.0. The Hall–Kier alpha value is -2.70. The Bertz CT molecular complexity index is 658. The Morgan fingerprint density at radius 3 is 2.65 bits per heavy atom. The second-order valence-electron chi connectivity index (χ2n) is 4.24. The van der Waals surface area contributed by atoms with Gasteiger partial charge in [0.1, 0.15) is 11.9 Å². The van der Waals surface area contributed by atoms with Gasteiger partial charge in [-0.15, -0.1) is 0 Å². The van der Waals surface area contributed by atoms with Crippen molar-refractivity contribution in [3.63, 3.8) is 0 Å². The zero-order chi connectivity index (χ0) is 14.7. The molecule has 1 aromatic heterocycles. The van der Waals surface area contributed by atoms with Gasteiger partial charge in [0.25, 0.3) is 0 Å². The molecule has 1 aromatic carbocycles. The predicted octanol–water partition coefficient (Wildman–Crippen LogP) is 2.84. The number of ether oxygens (including phenoxy) is 1. The molecule has 0 unspecified atom stereocenters. The van der Waals surface area contributed by atoms with Crippen molar-refractivity contribution in [1.29, 1.82) is 0 Å². The molecule has 104 valence electrons. The van der Waals surface area contributed by atoms with Crippen molar-refractivity contribution in [3.05, 3.63) is 45.6 Å². The minimum absolute atomic E-state index is 0.0856. The van der Waals surface area contributed by atoms with Gasteiger partial charge in [0.2, 0.25) is 5.95 Å². The maximum Gasteiger partial charge on any atom is 0.349 e. The van der Waals surface area contributed by atoms with Crippen molar-refractivity contribution in [2.24, 2.45) is 0 Å². The third kappa shape index (κ3) is 2.82. The third-order valence-electron chi connectivity index (χ3n) is 2.85. The standard InChI is InChI=1S/C13H14N4O3/c1-8-4-5-10(6-9(8)2)20-12-11(17(18)19)7-15-13(14-3)16-12/h4-7H,1-3H3,(H,14,15,16). The molecule has 2 aromatic rings. The summed E-state index contributed by atoms with van der Waals surface area (Å²) in [7, 11) is 1.63. The van der Waals surface area contributed by atoms with Gasteiger partial charge in [0.15, 0.2) is 0 Å². The molecule has 2 rings (SSSR count). The van der Waals surface area contributed by atoms with Crippen LogP contribution in [0.2, 0.25) is 0 Å². The molecule has 0 fully saturated rings. The first kappa shape index (κ1) is 13.7. The third-order valence-corrected chi connectivity index (χ3v) is 2.85. The second-order valence-corrected chi connectivity index (χ2v) is 4.24. The molecule has 0 aliphatic heterocycles. The van der Waals surface area contributed by atoms with Crippen LogP contribution < -0.4 is 10.1 Å². The molecule has 7 nitrogen and oxygen atoms in total. The van der Waals surface area contributed by atoms with Crippen LogP contribution in [0, 0.1) is 24.0 Å². The number of aromatic nitrogens is 2. The number of nitro groups is 1. The number of nitrogens with zero attached hydrogens (tertiary/aromatic N) is 3. The Morgan fingerprint density at radius 1 is 1.30 bits per heavy atom. The summed E-state index contributed by atoms with van der Waals surface area (Å²) < 4.78 is 5.52. The first-order valence-corrected chi connectivity index (χ1v) is 5.95. The predicted molar refractivity (Wildman–Crippen MR) is 74.2 cm³/mol. The summed E-state index contributed by atoms with van der Waals surface area (Å²) >= 11 is 0. The van der Waals surface area contributed by atoms with E-state index in [1.54, 1.807) is 19.2 Å². The van der Waals surface area contributed by atoms with Gasteiger partial charge < -0.3 is 10.1 Å². The SMILES string of the molecule is CNc1ncc([N+](=O)[O-])c(Oc2ccc(C)c(C)c2)n1. The second kappa shape index (κ2) is 5.52. The van der Waals surface area contributed by atoms with E-state index in [1.165, 1.54) is 0 Å². The number of aryl methyl sites for hydroxylation is 2. The fraction of sp³-hybridized carbons (Fsp3) is 0.231. The molecule has 0 spiro atoms. The Labute approximate surface area is 115 Å². The van der Waals surface area contributed by atoms with Gasteiger partial charge in [-0.3, -0.25) is 10.1 Å². The van der Waals surface area contributed by atoms with Crippen LogP contribution in [0.4, 0.5) is 11.6 Å². The molecule has 0 aliphatic rings. The summed E-state index contributed by atoms with van der Waals surface area (Å²) in [4.78, 5) is 18.2. The van der Waals surface area contributed by atoms with Gasteiger partial charge in [0.05, 0.1) is 4.92 Å². The number of hydrogen-bond donors (Lipinski definition) is 1. The summed E-state index contributed by atoms with van der Waals surface area (Å²) in [6.45, 7) is 3.92. The molecule has 1 N–H and O–H groups in total. The van der Waals surface area contributed by atoms with Gasteiger partial charge in [0, 0.05) is 7.05 Å². The van der Waals surface area contributed by atoms with Crippen LogP contribution in [0.15, 0.2) is 24.4 Å². The number of benzene rings is 1. The van der Waals surface area contributed by atoms with Crippen LogP contribution in [0.1, 0.15) is 11.1 Å². The summed E-state index contributed by atoms with van der Waals surface area (Å²) in [5.74, 6) is 0.670. The summed E-state index contributed by atoms with van der Waals surface area (Å²) in [5.41, 5.74) is 1.88. The topological polar surface area (TPSA) is 90.2 Å². The number of rotatable bonds is 4. The highest BCUT2D eigenvalue weighted by molar-refractivity contribution is 5.46. The highest BCUT2D eigenvalue weighted by atomic mass is 16.6. The van der Waals surface area contributed by atoms with E-state index in [4.69, 9.17) is 4.74 Å². The number of nitrogens with one attached hydrogen (secondary N) is 1. The van der Waals surface area contributed by atoms with Crippen molar-refractivity contribution < 1.29 is 9.66 Å². The lowest BCUT2D eigenvalue weighted by atomic mass is 10.1. The van der Waals surface area contributed by atoms with E-state index in [0.717, 1.165) is 17.3 Å². The van der Waals surface area contributed by atoms with Gasteiger partial charge in [-0.2, -0.15) is 4.98 Å². The molecule has 1 heterocycles. The average Bonchev–Trinajstić information content (AvgIpc) is 2.42. The Kier molecular flexibility index (Phi) is 3.79. The fourth-order valence-electron chi connectivity index (χ4n) is 1.57. The highest BCUT2D eigenvalue weighted by Crippen LogP contribution is 2.30. The van der Waals surface area contributed by atoms with Gasteiger partial charge in [-0.25, -0.2) is 4.98 Å². The number of hydrogen-bond acceptors (Lipinski definition) is 6. The average molecular weight is 274 g/mol. The van der Waals surface area contributed by atoms with E-state index < -0.39 is 4.92 Å². The molecule has 0 saturated heterocycles. The largest absolute Gasteiger partial charge is 0.434 e. The van der Waals surface area contributed by atoms with Crippen molar-refractivity contribution in [3.8, 4) is 11.6 Å². The zero-order valence-corrected chi connectivity index (χ0v) is 11.4. The summed E-state index contributed by atoms with van der Waals surface area (Å²) in [6.07, 6.45) is 1.12.